The van der Waals surface area contributed by atoms with Gasteiger partial charge in [0.25, 0.3) is 0 Å². The molecule has 0 radical (unpaired) electrons. The van der Waals surface area contributed by atoms with Crippen molar-refractivity contribution in [2.24, 2.45) is 0 Å². The van der Waals surface area contributed by atoms with Crippen molar-refractivity contribution in [3.8, 4) is 0 Å². The molecule has 2 saturated heterocycles. The fourth-order valence-electron chi connectivity index (χ4n) is 3.62. The Balaban J connectivity index is 1.76. The molecule has 5 atom stereocenters. The Morgan fingerprint density at radius 3 is 2.69 bits per heavy atom. The predicted molar refractivity (Wildman–Crippen MR) is 97.4 cm³/mol. The van der Waals surface area contributed by atoms with E-state index >= 15 is 0 Å². The molecule has 0 spiro atoms. The molecule has 6 nitrogen and oxygen atoms in total. The highest BCUT2D eigenvalue weighted by Crippen LogP contribution is 2.31. The molecule has 2 rings (SSSR count). The SMILES string of the molecule is C=C[C@@H]1OC(C)(C)O[C@H]1CCC(=O)O[C@@H]1CC(O)O[C@@H]1CCCCCC. The maximum Gasteiger partial charge on any atom is 0.306 e. The van der Waals surface area contributed by atoms with Crippen LogP contribution in [0.25, 0.3) is 0 Å². The van der Waals surface area contributed by atoms with Crippen molar-refractivity contribution < 1.29 is 28.8 Å². The zero-order chi connectivity index (χ0) is 19.2. The molecule has 2 fully saturated rings. The fraction of sp³-hybridized carbons (Fsp3) is 0.850. The van der Waals surface area contributed by atoms with E-state index in [1.54, 1.807) is 6.08 Å². The molecule has 0 aromatic carbocycles. The Labute approximate surface area is 156 Å². The predicted octanol–water partition coefficient (Wildman–Crippen LogP) is 3.46. The molecule has 1 unspecified atom stereocenters. The van der Waals surface area contributed by atoms with Crippen LogP contribution < -0.4 is 0 Å². The molecule has 2 heterocycles. The second-order valence-electron chi connectivity index (χ2n) is 7.66. The smallest absolute Gasteiger partial charge is 0.306 e. The van der Waals surface area contributed by atoms with E-state index in [1.165, 1.54) is 12.8 Å². The minimum atomic E-state index is -0.846. The van der Waals surface area contributed by atoms with Gasteiger partial charge in [0.2, 0.25) is 0 Å². The Morgan fingerprint density at radius 2 is 2.00 bits per heavy atom. The van der Waals surface area contributed by atoms with Gasteiger partial charge in [-0.25, -0.2) is 0 Å². The van der Waals surface area contributed by atoms with E-state index in [9.17, 15) is 9.90 Å². The summed E-state index contributed by atoms with van der Waals surface area (Å²) in [5, 5.41) is 9.75. The Hall–Kier alpha value is -0.950. The summed E-state index contributed by atoms with van der Waals surface area (Å²) in [4.78, 5) is 12.3. The van der Waals surface area contributed by atoms with Crippen molar-refractivity contribution in [1.82, 2.24) is 0 Å². The lowest BCUT2D eigenvalue weighted by molar-refractivity contribution is -0.156. The number of aliphatic hydroxyl groups is 1. The molecule has 0 amide bonds. The van der Waals surface area contributed by atoms with Crippen LogP contribution in [0.5, 0.6) is 0 Å². The van der Waals surface area contributed by atoms with Gasteiger partial charge >= 0.3 is 5.97 Å². The van der Waals surface area contributed by atoms with Gasteiger partial charge in [0.15, 0.2) is 12.1 Å². The maximum absolute atomic E-state index is 12.3. The second-order valence-corrected chi connectivity index (χ2v) is 7.66. The first-order valence-corrected chi connectivity index (χ1v) is 9.86. The molecule has 0 aromatic rings. The lowest BCUT2D eigenvalue weighted by atomic mass is 10.0. The zero-order valence-corrected chi connectivity index (χ0v) is 16.3. The van der Waals surface area contributed by atoms with Crippen LogP contribution >= 0.6 is 0 Å². The molecular weight excluding hydrogens is 336 g/mol. The molecule has 0 bridgehead atoms. The monoisotopic (exact) mass is 370 g/mol. The van der Waals surface area contributed by atoms with Crippen LogP contribution in [0.2, 0.25) is 0 Å². The summed E-state index contributed by atoms with van der Waals surface area (Å²) in [6.07, 6.45) is 6.25. The van der Waals surface area contributed by atoms with Gasteiger partial charge in [-0.3, -0.25) is 4.79 Å². The Kier molecular flexibility index (Phi) is 8.07. The van der Waals surface area contributed by atoms with Crippen molar-refractivity contribution >= 4 is 5.97 Å². The van der Waals surface area contributed by atoms with Gasteiger partial charge in [-0.05, 0) is 26.7 Å². The molecule has 0 aliphatic carbocycles. The van der Waals surface area contributed by atoms with Crippen LogP contribution in [-0.2, 0) is 23.7 Å². The number of ether oxygens (including phenoxy) is 4. The van der Waals surface area contributed by atoms with E-state index in [0.717, 1.165) is 19.3 Å². The molecule has 1 N–H and O–H groups in total. The molecule has 150 valence electrons. The highest BCUT2D eigenvalue weighted by Gasteiger charge is 2.40. The number of hydrogen-bond acceptors (Lipinski definition) is 6. The van der Waals surface area contributed by atoms with E-state index < -0.39 is 12.1 Å². The van der Waals surface area contributed by atoms with Crippen LogP contribution in [0.1, 0.15) is 72.1 Å². The number of hydrogen-bond donors (Lipinski definition) is 1. The van der Waals surface area contributed by atoms with E-state index in [2.05, 4.69) is 13.5 Å². The van der Waals surface area contributed by atoms with Crippen LogP contribution in [0.3, 0.4) is 0 Å². The van der Waals surface area contributed by atoms with Crippen molar-refractivity contribution in [3.05, 3.63) is 12.7 Å². The topological polar surface area (TPSA) is 74.2 Å². The Morgan fingerprint density at radius 1 is 1.23 bits per heavy atom. The third-order valence-corrected chi connectivity index (χ3v) is 4.89. The second kappa shape index (κ2) is 9.83. The average molecular weight is 370 g/mol. The fourth-order valence-corrected chi connectivity index (χ4v) is 3.62. The molecular formula is C20H34O6. The number of unbranched alkanes of at least 4 members (excludes halogenated alkanes) is 3. The lowest BCUT2D eigenvalue weighted by Gasteiger charge is -2.19. The van der Waals surface area contributed by atoms with Gasteiger partial charge < -0.3 is 24.1 Å². The molecule has 0 saturated carbocycles. The van der Waals surface area contributed by atoms with Crippen molar-refractivity contribution in [1.29, 1.82) is 0 Å². The standard InChI is InChI=1S/C20H34O6/c1-5-7-8-9-10-15-17(13-19(22)23-15)24-18(21)12-11-16-14(6-2)25-20(3,4)26-16/h6,14-17,19,22H,2,5,7-13H2,1,3-4H3/t14-,15+,16-,17+,19?/m0/s1. The Bertz CT molecular complexity index is 463. The quantitative estimate of drug-likeness (QED) is 0.361. The molecule has 26 heavy (non-hydrogen) atoms. The molecule has 6 heteroatoms. The maximum atomic E-state index is 12.3. The van der Waals surface area contributed by atoms with Gasteiger partial charge in [-0.1, -0.05) is 38.7 Å². The van der Waals surface area contributed by atoms with Gasteiger partial charge in [0, 0.05) is 12.8 Å². The van der Waals surface area contributed by atoms with Crippen molar-refractivity contribution in [3.63, 3.8) is 0 Å². The van der Waals surface area contributed by atoms with Crippen molar-refractivity contribution in [2.75, 3.05) is 0 Å². The average Bonchev–Trinajstić information content (AvgIpc) is 3.08. The summed E-state index contributed by atoms with van der Waals surface area (Å²) >= 11 is 0. The normalized spacial score (nSPS) is 33.3. The van der Waals surface area contributed by atoms with Crippen LogP contribution in [0.4, 0.5) is 0 Å². The summed E-state index contributed by atoms with van der Waals surface area (Å²) in [6, 6.07) is 0. The summed E-state index contributed by atoms with van der Waals surface area (Å²) in [7, 11) is 0. The van der Waals surface area contributed by atoms with Gasteiger partial charge in [-0.2, -0.15) is 0 Å². The highest BCUT2D eigenvalue weighted by atomic mass is 16.7. The van der Waals surface area contributed by atoms with Crippen molar-refractivity contribution in [2.45, 2.75) is 109 Å². The number of carbonyl (C=O) groups excluding carboxylic acids is 1. The van der Waals surface area contributed by atoms with Gasteiger partial charge in [-0.15, -0.1) is 6.58 Å². The summed E-state index contributed by atoms with van der Waals surface area (Å²) in [5.74, 6) is -0.956. The molecule has 2 aliphatic heterocycles. The third-order valence-electron chi connectivity index (χ3n) is 4.89. The first-order chi connectivity index (χ1) is 12.3. The lowest BCUT2D eigenvalue weighted by Crippen LogP contribution is -2.28. The first-order valence-electron chi connectivity index (χ1n) is 9.86. The number of carbonyl (C=O) groups is 1. The van der Waals surface area contributed by atoms with Crippen LogP contribution in [0, 0.1) is 0 Å². The van der Waals surface area contributed by atoms with E-state index in [0.29, 0.717) is 12.8 Å². The van der Waals surface area contributed by atoms with E-state index in [-0.39, 0.29) is 36.8 Å². The highest BCUT2D eigenvalue weighted by molar-refractivity contribution is 5.69. The minimum Gasteiger partial charge on any atom is -0.459 e. The van der Waals surface area contributed by atoms with Gasteiger partial charge in [0.1, 0.15) is 12.2 Å². The largest absolute Gasteiger partial charge is 0.459 e. The zero-order valence-electron chi connectivity index (χ0n) is 16.3. The van der Waals surface area contributed by atoms with E-state index in [1.807, 2.05) is 13.8 Å². The summed E-state index contributed by atoms with van der Waals surface area (Å²) in [6.45, 7) is 9.63. The number of esters is 1. The van der Waals surface area contributed by atoms with E-state index in [4.69, 9.17) is 18.9 Å². The number of aliphatic hydroxyl groups excluding tert-OH is 1. The molecule has 0 aromatic heterocycles. The third kappa shape index (κ3) is 6.34. The van der Waals surface area contributed by atoms with Crippen LogP contribution in [-0.4, -0.2) is 47.6 Å². The summed E-state index contributed by atoms with van der Waals surface area (Å²) in [5.41, 5.74) is 0. The summed E-state index contributed by atoms with van der Waals surface area (Å²) < 4.78 is 22.6. The first kappa shape index (κ1) is 21.4. The minimum absolute atomic E-state index is 0.203. The molecule has 2 aliphatic rings. The van der Waals surface area contributed by atoms with Gasteiger partial charge in [0.05, 0.1) is 12.2 Å². The number of rotatable bonds is 10. The van der Waals surface area contributed by atoms with Crippen LogP contribution in [0.15, 0.2) is 12.7 Å².